The number of nitrogens with one attached hydrogen (secondary N) is 2. The molecule has 5 nitrogen and oxygen atoms in total. The maximum atomic E-state index is 13.5. The van der Waals surface area contributed by atoms with Crippen molar-refractivity contribution in [1.29, 1.82) is 0 Å². The number of aryl methyl sites for hydroxylation is 2. The topological polar surface area (TPSA) is 82.2 Å². The molecule has 0 amide bonds. The molecule has 0 radical (unpaired) electrons. The summed E-state index contributed by atoms with van der Waals surface area (Å²) >= 11 is 0. The van der Waals surface area contributed by atoms with Gasteiger partial charge in [0.15, 0.2) is 5.78 Å². The molecule has 0 aliphatic carbocycles. The van der Waals surface area contributed by atoms with Crippen LogP contribution in [0.5, 0.6) is 0 Å². The molecule has 3 aromatic carbocycles. The van der Waals surface area contributed by atoms with Crippen LogP contribution in [0.2, 0.25) is 0 Å². The minimum Gasteiger partial charge on any atom is -0.481 e. The van der Waals surface area contributed by atoms with Crippen LogP contribution in [-0.2, 0) is 30.5 Å². The molecule has 226 valence electrons. The molecule has 4 aromatic rings. The Kier molecular flexibility index (Phi) is 11.0. The number of hydrogen-bond acceptors (Lipinski definition) is 3. The molecule has 1 aromatic heterocycles. The van der Waals surface area contributed by atoms with Crippen molar-refractivity contribution in [3.63, 3.8) is 0 Å². The zero-order chi connectivity index (χ0) is 30.9. The molecule has 1 heterocycles. The number of H-pyrrole nitrogens is 1. The van der Waals surface area contributed by atoms with Gasteiger partial charge in [0.25, 0.3) is 0 Å². The van der Waals surface area contributed by atoms with Gasteiger partial charge < -0.3 is 15.4 Å². The fourth-order valence-corrected chi connectivity index (χ4v) is 5.64. The predicted molar refractivity (Wildman–Crippen MR) is 176 cm³/mol. The first-order valence-electron chi connectivity index (χ1n) is 15.6. The van der Waals surface area contributed by atoms with Crippen LogP contribution in [0.1, 0.15) is 103 Å². The quantitative estimate of drug-likeness (QED) is 0.123. The van der Waals surface area contributed by atoms with E-state index in [-0.39, 0.29) is 18.2 Å². The summed E-state index contributed by atoms with van der Waals surface area (Å²) in [6, 6.07) is 27.4. The number of carboxylic acid groups (broad SMARTS) is 1. The van der Waals surface area contributed by atoms with Crippen LogP contribution in [0.3, 0.4) is 0 Å². The Labute approximate surface area is 256 Å². The molecule has 0 bridgehead atoms. The van der Waals surface area contributed by atoms with Crippen molar-refractivity contribution in [3.8, 4) is 0 Å². The fraction of sp³-hybridized carbons (Fsp3) is 0.368. The number of hydrogen-bond donors (Lipinski definition) is 3. The highest BCUT2D eigenvalue weighted by atomic mass is 16.4. The standard InChI is InChI=1S/C38H46N2O3/c1-6-35-34(24-33(39-35)8-7-9-36(41)42)38(43)31-18-20-32(21-19-31)40-37(29-14-10-27(11-15-29)22-25(2)3)30-16-12-28(13-17-30)23-26(4)5/h10-21,24-26,37,39-40H,6-9,22-23H2,1-5H3,(H,41,42). The van der Waals surface area contributed by atoms with E-state index >= 15 is 0 Å². The maximum Gasteiger partial charge on any atom is 0.303 e. The van der Waals surface area contributed by atoms with Gasteiger partial charge in [-0.05, 0) is 96.5 Å². The highest BCUT2D eigenvalue weighted by molar-refractivity contribution is 6.10. The molecule has 0 saturated heterocycles. The predicted octanol–water partition coefficient (Wildman–Crippen LogP) is 8.81. The first-order valence-corrected chi connectivity index (χ1v) is 15.6. The number of carboxylic acids is 1. The van der Waals surface area contributed by atoms with Crippen LogP contribution in [0.25, 0.3) is 0 Å². The van der Waals surface area contributed by atoms with Crippen molar-refractivity contribution < 1.29 is 14.7 Å². The van der Waals surface area contributed by atoms with Crippen molar-refractivity contribution in [1.82, 2.24) is 4.98 Å². The van der Waals surface area contributed by atoms with Crippen LogP contribution in [0.15, 0.2) is 78.9 Å². The Morgan fingerprint density at radius 2 is 1.33 bits per heavy atom. The molecule has 0 atom stereocenters. The molecule has 0 fully saturated rings. The monoisotopic (exact) mass is 578 g/mol. The highest BCUT2D eigenvalue weighted by Gasteiger charge is 2.18. The first kappa shape index (κ1) is 31.8. The maximum absolute atomic E-state index is 13.5. The molecule has 0 unspecified atom stereocenters. The van der Waals surface area contributed by atoms with E-state index in [4.69, 9.17) is 5.11 Å². The Bertz CT molecular complexity index is 1430. The molecular weight excluding hydrogens is 532 g/mol. The van der Waals surface area contributed by atoms with Gasteiger partial charge in [0.2, 0.25) is 0 Å². The van der Waals surface area contributed by atoms with Gasteiger partial charge in [-0.15, -0.1) is 0 Å². The summed E-state index contributed by atoms with van der Waals surface area (Å²) in [6.45, 7) is 11.0. The molecule has 5 heteroatoms. The molecule has 4 rings (SSSR count). The second-order valence-corrected chi connectivity index (χ2v) is 12.5. The number of rotatable bonds is 15. The van der Waals surface area contributed by atoms with E-state index in [0.29, 0.717) is 42.2 Å². The summed E-state index contributed by atoms with van der Waals surface area (Å²) in [7, 11) is 0. The third-order valence-electron chi connectivity index (χ3n) is 7.76. The van der Waals surface area contributed by atoms with E-state index in [2.05, 4.69) is 86.5 Å². The van der Waals surface area contributed by atoms with Gasteiger partial charge in [0, 0.05) is 34.6 Å². The van der Waals surface area contributed by atoms with E-state index in [1.54, 1.807) is 0 Å². The Morgan fingerprint density at radius 1 is 0.791 bits per heavy atom. The van der Waals surface area contributed by atoms with Crippen LogP contribution in [0, 0.1) is 11.8 Å². The SMILES string of the molecule is CCc1[nH]c(CCCC(=O)O)cc1C(=O)c1ccc(NC(c2ccc(CC(C)C)cc2)c2ccc(CC(C)C)cc2)cc1. The number of benzene rings is 3. The second kappa shape index (κ2) is 14.9. The average Bonchev–Trinajstić information content (AvgIpc) is 3.39. The van der Waals surface area contributed by atoms with Crippen LogP contribution < -0.4 is 5.32 Å². The largest absolute Gasteiger partial charge is 0.481 e. The normalized spacial score (nSPS) is 11.4. The van der Waals surface area contributed by atoms with E-state index < -0.39 is 5.97 Å². The lowest BCUT2D eigenvalue weighted by Crippen LogP contribution is -2.13. The molecule has 3 N–H and O–H groups in total. The Balaban J connectivity index is 1.55. The number of carbonyl (C=O) groups excluding carboxylic acids is 1. The van der Waals surface area contributed by atoms with E-state index in [1.807, 2.05) is 37.3 Å². The van der Waals surface area contributed by atoms with Gasteiger partial charge in [-0.2, -0.15) is 0 Å². The number of anilines is 1. The molecule has 43 heavy (non-hydrogen) atoms. The summed E-state index contributed by atoms with van der Waals surface area (Å²) in [5.41, 5.74) is 9.10. The van der Waals surface area contributed by atoms with Crippen molar-refractivity contribution >= 4 is 17.4 Å². The summed E-state index contributed by atoms with van der Waals surface area (Å²) < 4.78 is 0. The van der Waals surface area contributed by atoms with E-state index in [0.717, 1.165) is 29.9 Å². The Hall–Kier alpha value is -4.12. The van der Waals surface area contributed by atoms with Crippen LogP contribution >= 0.6 is 0 Å². The zero-order valence-corrected chi connectivity index (χ0v) is 26.2. The summed E-state index contributed by atoms with van der Waals surface area (Å²) in [4.78, 5) is 27.7. The minimum atomic E-state index is -0.805. The first-order chi connectivity index (χ1) is 20.6. The second-order valence-electron chi connectivity index (χ2n) is 12.5. The van der Waals surface area contributed by atoms with Crippen molar-refractivity contribution in [2.45, 2.75) is 79.2 Å². The lowest BCUT2D eigenvalue weighted by Gasteiger charge is -2.22. The smallest absolute Gasteiger partial charge is 0.303 e. The van der Waals surface area contributed by atoms with Gasteiger partial charge in [0.05, 0.1) is 6.04 Å². The molecule has 0 aliphatic rings. The van der Waals surface area contributed by atoms with Crippen molar-refractivity contribution in [2.75, 3.05) is 5.32 Å². The van der Waals surface area contributed by atoms with Gasteiger partial charge in [0.1, 0.15) is 0 Å². The molecular formula is C38H46N2O3. The lowest BCUT2D eigenvalue weighted by molar-refractivity contribution is -0.137. The third-order valence-corrected chi connectivity index (χ3v) is 7.76. The van der Waals surface area contributed by atoms with Gasteiger partial charge >= 0.3 is 5.97 Å². The number of ketones is 1. The van der Waals surface area contributed by atoms with E-state index in [1.165, 1.54) is 22.3 Å². The number of aromatic amines is 1. The van der Waals surface area contributed by atoms with Gasteiger partial charge in [-0.1, -0.05) is 83.1 Å². The van der Waals surface area contributed by atoms with Crippen molar-refractivity contribution in [3.05, 3.63) is 124 Å². The van der Waals surface area contributed by atoms with Gasteiger partial charge in [-0.3, -0.25) is 9.59 Å². The molecule has 0 saturated carbocycles. The van der Waals surface area contributed by atoms with Crippen LogP contribution in [0.4, 0.5) is 5.69 Å². The van der Waals surface area contributed by atoms with Gasteiger partial charge in [-0.25, -0.2) is 0 Å². The molecule has 0 spiro atoms. The van der Waals surface area contributed by atoms with Crippen molar-refractivity contribution in [2.24, 2.45) is 11.8 Å². The number of aromatic nitrogens is 1. The number of carbonyl (C=O) groups is 2. The highest BCUT2D eigenvalue weighted by Crippen LogP contribution is 2.29. The fourth-order valence-electron chi connectivity index (χ4n) is 5.64. The summed E-state index contributed by atoms with van der Waals surface area (Å²) in [6.07, 6.45) is 4.07. The minimum absolute atomic E-state index is 0.0258. The lowest BCUT2D eigenvalue weighted by atomic mass is 9.93. The zero-order valence-electron chi connectivity index (χ0n) is 26.2. The summed E-state index contributed by atoms with van der Waals surface area (Å²) in [5, 5.41) is 12.7. The van der Waals surface area contributed by atoms with E-state index in [9.17, 15) is 9.59 Å². The average molecular weight is 579 g/mol. The summed E-state index contributed by atoms with van der Waals surface area (Å²) in [5.74, 6) is 0.387. The van der Waals surface area contributed by atoms with Crippen LogP contribution in [-0.4, -0.2) is 21.8 Å². The third kappa shape index (κ3) is 8.93. The number of aliphatic carboxylic acids is 1. The Morgan fingerprint density at radius 3 is 1.79 bits per heavy atom. The molecule has 0 aliphatic heterocycles.